The molecule has 9 heteroatoms. The summed E-state index contributed by atoms with van der Waals surface area (Å²) < 4.78 is 4.00. The van der Waals surface area contributed by atoms with Gasteiger partial charge in [0.15, 0.2) is 0 Å². The maximum Gasteiger partial charge on any atom is 0.365 e. The molecular weight excluding hydrogens is 358 g/mol. The number of H-pyrrole nitrogens is 1. The van der Waals surface area contributed by atoms with E-state index >= 15 is 0 Å². The number of nitrogens with two attached hydrogens (primary N) is 1. The van der Waals surface area contributed by atoms with E-state index in [1.54, 1.807) is 12.1 Å². The summed E-state index contributed by atoms with van der Waals surface area (Å²) in [6.45, 7) is 0. The Balaban J connectivity index is 1.66. The number of hydrogen-bond acceptors (Lipinski definition) is 5. The molecule has 4 N–H and O–H groups in total. The zero-order valence-corrected chi connectivity index (χ0v) is 14.6. The number of nitrogens with one attached hydrogen (secondary N) is 2. The molecule has 0 fully saturated rings. The van der Waals surface area contributed by atoms with Crippen molar-refractivity contribution in [3.8, 4) is 5.69 Å². The molecule has 0 amide bonds. The zero-order chi connectivity index (χ0) is 19.3. The molecule has 0 radical (unpaired) electrons. The smallest absolute Gasteiger partial charge is 0.357 e. The van der Waals surface area contributed by atoms with Crippen LogP contribution in [-0.2, 0) is 0 Å². The Morgan fingerprint density at radius 2 is 1.89 bits per heavy atom. The highest BCUT2D eigenvalue weighted by atomic mass is 16.6. The lowest BCUT2D eigenvalue weighted by Gasteiger charge is -2.20. The highest BCUT2D eigenvalue weighted by molar-refractivity contribution is 5.92. The lowest BCUT2D eigenvalue weighted by molar-refractivity contribution is -0.675. The van der Waals surface area contributed by atoms with E-state index in [0.29, 0.717) is 5.96 Å². The number of benzene rings is 2. The number of guanidine groups is 1. The second-order valence-corrected chi connectivity index (χ2v) is 6.45. The van der Waals surface area contributed by atoms with Crippen molar-refractivity contribution in [2.45, 2.75) is 6.17 Å². The Labute approximate surface area is 158 Å². The maximum atomic E-state index is 10.9. The average molecular weight is 374 g/mol. The summed E-state index contributed by atoms with van der Waals surface area (Å²) in [7, 11) is 0. The predicted molar refractivity (Wildman–Crippen MR) is 104 cm³/mol. The van der Waals surface area contributed by atoms with Crippen LogP contribution in [0.15, 0.2) is 71.9 Å². The monoisotopic (exact) mass is 374 g/mol. The van der Waals surface area contributed by atoms with Gasteiger partial charge in [-0.05, 0) is 36.4 Å². The van der Waals surface area contributed by atoms with Gasteiger partial charge in [-0.25, -0.2) is 10.3 Å². The highest BCUT2D eigenvalue weighted by Gasteiger charge is 2.32. The lowest BCUT2D eigenvalue weighted by atomic mass is 10.2. The molecule has 0 spiro atoms. The Morgan fingerprint density at radius 1 is 1.11 bits per heavy atom. The van der Waals surface area contributed by atoms with E-state index in [0.717, 1.165) is 28.4 Å². The van der Waals surface area contributed by atoms with E-state index in [4.69, 9.17) is 5.73 Å². The van der Waals surface area contributed by atoms with Crippen LogP contribution < -0.4 is 15.6 Å². The molecule has 2 aromatic heterocycles. The quantitative estimate of drug-likeness (QED) is 0.290. The molecule has 28 heavy (non-hydrogen) atoms. The summed E-state index contributed by atoms with van der Waals surface area (Å²) >= 11 is 0. The molecular formula is C19H16N7O2+. The first-order valence-electron chi connectivity index (χ1n) is 8.66. The van der Waals surface area contributed by atoms with Crippen molar-refractivity contribution < 1.29 is 9.49 Å². The molecule has 138 valence electrons. The van der Waals surface area contributed by atoms with Crippen molar-refractivity contribution >= 4 is 28.6 Å². The maximum absolute atomic E-state index is 10.9. The number of nitro groups is 1. The third kappa shape index (κ3) is 2.41. The fourth-order valence-electron chi connectivity index (χ4n) is 3.56. The molecule has 1 aliphatic rings. The van der Waals surface area contributed by atoms with Crippen molar-refractivity contribution in [2.24, 2.45) is 10.7 Å². The third-order valence-corrected chi connectivity index (χ3v) is 4.79. The first-order valence-corrected chi connectivity index (χ1v) is 8.66. The Hall–Kier alpha value is -4.14. The second kappa shape index (κ2) is 5.95. The van der Waals surface area contributed by atoms with Gasteiger partial charge in [0, 0.05) is 24.0 Å². The molecule has 5 rings (SSSR count). The Kier molecular flexibility index (Phi) is 3.41. The summed E-state index contributed by atoms with van der Waals surface area (Å²) in [5, 5.41) is 14.0. The summed E-state index contributed by atoms with van der Waals surface area (Å²) in [5.74, 6) is 1.06. The van der Waals surface area contributed by atoms with Crippen molar-refractivity contribution in [3.05, 3.63) is 82.7 Å². The number of anilines is 1. The Bertz CT molecular complexity index is 1240. The molecule has 4 aromatic rings. The minimum atomic E-state index is -0.410. The summed E-state index contributed by atoms with van der Waals surface area (Å²) in [6, 6.07) is 18.2. The standard InChI is InChI=1S/C19H15N7O2/c20-18-22-17(25-15-5-2-1-4-14(15)21-19(25)23-18)16-6-3-11-24(16)12-7-9-13(10-8-12)26(27)28/h1-11,17H,(H3,20,21,22,23)/p+1/t17-/m0/s1. The van der Waals surface area contributed by atoms with E-state index in [1.807, 2.05) is 51.7 Å². The number of hydrogen-bond donors (Lipinski definition) is 3. The number of aromatic nitrogens is 3. The zero-order valence-electron chi connectivity index (χ0n) is 14.6. The number of para-hydroxylation sites is 2. The number of fused-ring (bicyclic) bond motifs is 3. The molecule has 0 unspecified atom stereocenters. The molecule has 1 aliphatic heterocycles. The van der Waals surface area contributed by atoms with Crippen LogP contribution in [0, 0.1) is 10.1 Å². The first-order chi connectivity index (χ1) is 13.6. The van der Waals surface area contributed by atoms with Crippen molar-refractivity contribution in [3.63, 3.8) is 0 Å². The van der Waals surface area contributed by atoms with Gasteiger partial charge in [-0.3, -0.25) is 10.1 Å². The number of aromatic amines is 1. The minimum absolute atomic E-state index is 0.0508. The summed E-state index contributed by atoms with van der Waals surface area (Å²) in [6.07, 6.45) is 1.51. The first kappa shape index (κ1) is 16.1. The van der Waals surface area contributed by atoms with E-state index in [9.17, 15) is 10.1 Å². The van der Waals surface area contributed by atoms with Gasteiger partial charge in [-0.2, -0.15) is 9.56 Å². The number of imidazole rings is 1. The number of aliphatic imine (C=N–C) groups is 1. The van der Waals surface area contributed by atoms with Crippen LogP contribution >= 0.6 is 0 Å². The second-order valence-electron chi connectivity index (χ2n) is 6.45. The van der Waals surface area contributed by atoms with Gasteiger partial charge in [0.1, 0.15) is 11.0 Å². The van der Waals surface area contributed by atoms with E-state index in [1.165, 1.54) is 12.1 Å². The van der Waals surface area contributed by atoms with Gasteiger partial charge in [0.05, 0.1) is 10.6 Å². The highest BCUT2D eigenvalue weighted by Crippen LogP contribution is 2.27. The minimum Gasteiger partial charge on any atom is -0.357 e. The van der Waals surface area contributed by atoms with E-state index in [-0.39, 0.29) is 5.69 Å². The topological polar surface area (TPSA) is 118 Å². The number of nitro benzene ring substituents is 1. The van der Waals surface area contributed by atoms with Gasteiger partial charge < -0.3 is 10.3 Å². The molecule has 0 saturated heterocycles. The van der Waals surface area contributed by atoms with Crippen molar-refractivity contribution in [1.82, 2.24) is 9.55 Å². The molecule has 0 aliphatic carbocycles. The summed E-state index contributed by atoms with van der Waals surface area (Å²) in [5.41, 5.74) is 9.73. The molecule has 2 aromatic carbocycles. The lowest BCUT2D eigenvalue weighted by Crippen LogP contribution is -2.48. The predicted octanol–water partition coefficient (Wildman–Crippen LogP) is 2.44. The SMILES string of the molecule is NC1=N[C@H](c2cccn2-c2ccc([N+](=O)[O-])cc2)[n+]2c([nH]c3ccccc32)N1. The number of rotatable bonds is 3. The number of nitrogens with zero attached hydrogens (tertiary/aromatic N) is 4. The van der Waals surface area contributed by atoms with Crippen molar-refractivity contribution in [2.75, 3.05) is 5.32 Å². The van der Waals surface area contributed by atoms with Gasteiger partial charge in [0.2, 0.25) is 6.17 Å². The molecule has 9 nitrogen and oxygen atoms in total. The molecule has 3 heterocycles. The van der Waals surface area contributed by atoms with Crippen LogP contribution in [0.5, 0.6) is 0 Å². The van der Waals surface area contributed by atoms with Crippen molar-refractivity contribution in [1.29, 1.82) is 0 Å². The van der Waals surface area contributed by atoms with E-state index in [2.05, 4.69) is 15.3 Å². The van der Waals surface area contributed by atoms with Crippen LogP contribution in [0.4, 0.5) is 11.6 Å². The fourth-order valence-corrected chi connectivity index (χ4v) is 3.56. The van der Waals surface area contributed by atoms with E-state index < -0.39 is 11.1 Å². The van der Waals surface area contributed by atoms with Crippen LogP contribution in [0.3, 0.4) is 0 Å². The van der Waals surface area contributed by atoms with Crippen LogP contribution in [0.2, 0.25) is 0 Å². The summed E-state index contributed by atoms with van der Waals surface area (Å²) in [4.78, 5) is 18.5. The van der Waals surface area contributed by atoms with Gasteiger partial charge in [-0.1, -0.05) is 12.1 Å². The fraction of sp³-hybridized carbons (Fsp3) is 0.0526. The Morgan fingerprint density at radius 3 is 2.68 bits per heavy atom. The molecule has 0 bridgehead atoms. The average Bonchev–Trinajstić information content (AvgIpc) is 3.32. The third-order valence-electron chi connectivity index (χ3n) is 4.79. The van der Waals surface area contributed by atoms with Gasteiger partial charge in [-0.15, -0.1) is 0 Å². The molecule has 0 saturated carbocycles. The number of non-ortho nitro benzene ring substituents is 1. The largest absolute Gasteiger partial charge is 0.365 e. The van der Waals surface area contributed by atoms with Gasteiger partial charge in [0.25, 0.3) is 11.6 Å². The van der Waals surface area contributed by atoms with Gasteiger partial charge >= 0.3 is 5.95 Å². The van der Waals surface area contributed by atoms with Crippen LogP contribution in [0.25, 0.3) is 16.7 Å². The normalized spacial score (nSPS) is 15.7. The van der Waals surface area contributed by atoms with Crippen LogP contribution in [0.1, 0.15) is 11.9 Å². The molecule has 1 atom stereocenters. The van der Waals surface area contributed by atoms with Crippen LogP contribution in [-0.4, -0.2) is 20.4 Å².